The first-order chi connectivity index (χ1) is 25.8. The van der Waals surface area contributed by atoms with Crippen LogP contribution in [-0.2, 0) is 44.4 Å². The fourth-order valence-electron chi connectivity index (χ4n) is 5.32. The van der Waals surface area contributed by atoms with Crippen LogP contribution < -0.4 is 14.9 Å². The summed E-state index contributed by atoms with van der Waals surface area (Å²) in [5, 5.41) is 4.69. The monoisotopic (exact) mass is 812 g/mol. The molecule has 1 N–H and O–H groups in total. The van der Waals surface area contributed by atoms with Crippen LogP contribution in [-0.4, -0.2) is 64.9 Å². The average Bonchev–Trinajstić information content (AvgIpc) is 3.61. The molecule has 0 unspecified atom stereocenters. The molecule has 0 aliphatic heterocycles. The Kier molecular flexibility index (Phi) is 13.6. The second kappa shape index (κ2) is 18.1. The second-order valence-corrected chi connectivity index (χ2v) is 16.7. The number of hydrogen-bond acceptors (Lipinski definition) is 9. The third kappa shape index (κ3) is 10.3. The zero-order valence-corrected chi connectivity index (χ0v) is 32.8. The highest BCUT2D eigenvalue weighted by Gasteiger charge is 2.29. The molecule has 0 bridgehead atoms. The van der Waals surface area contributed by atoms with Crippen LogP contribution in [0.1, 0.15) is 28.2 Å². The Hall–Kier alpha value is -4.70. The maximum absolute atomic E-state index is 13.8. The quantitative estimate of drug-likeness (QED) is 0.0808. The molecule has 0 aliphatic rings. The number of hydrogen-bond donors (Lipinski definition) is 1. The third-order valence-corrected chi connectivity index (χ3v) is 12.5. The van der Waals surface area contributed by atoms with E-state index in [4.69, 9.17) is 37.1 Å². The van der Waals surface area contributed by atoms with Crippen LogP contribution in [0.5, 0.6) is 11.5 Å². The van der Waals surface area contributed by atoms with Gasteiger partial charge in [0.25, 0.3) is 5.91 Å². The Morgan fingerprint density at radius 1 is 0.796 bits per heavy atom. The first-order valence-electron chi connectivity index (χ1n) is 16.5. The first-order valence-corrected chi connectivity index (χ1v) is 20.1. The van der Waals surface area contributed by atoms with Gasteiger partial charge in [-0.1, -0.05) is 77.3 Å². The van der Waals surface area contributed by atoms with Crippen LogP contribution >= 0.6 is 23.2 Å². The lowest BCUT2D eigenvalue weighted by Crippen LogP contribution is -2.40. The summed E-state index contributed by atoms with van der Waals surface area (Å²) in [7, 11) is -5.34. The van der Waals surface area contributed by atoms with Crippen molar-refractivity contribution < 1.29 is 35.5 Å². The standard InChI is InChI=1S/C38H38Cl2N4O8S2/c1-27-9-15-33(16-10-27)53(46,47)44(24-29-11-12-30(39)21-35(29)40)25-32-14-13-31(52-32)23-41-42-38(45)26-43(20-19-28-7-5-4-6-8-28)54(48,49)34-17-18-36(50-2)37(22-34)51-3/h4-18,21-23H,19-20,24-26H2,1-3H3,(H,42,45)/b41-23-. The lowest BCUT2D eigenvalue weighted by atomic mass is 10.1. The van der Waals surface area contributed by atoms with E-state index in [0.29, 0.717) is 27.8 Å². The van der Waals surface area contributed by atoms with Gasteiger partial charge in [-0.05, 0) is 73.0 Å². The number of methoxy groups -OCH3 is 2. The minimum atomic E-state index is -4.17. The van der Waals surface area contributed by atoms with E-state index in [1.807, 2.05) is 37.3 Å². The van der Waals surface area contributed by atoms with E-state index >= 15 is 0 Å². The molecule has 1 aromatic heterocycles. The molecule has 0 radical (unpaired) electrons. The number of benzene rings is 4. The maximum Gasteiger partial charge on any atom is 0.255 e. The normalized spacial score (nSPS) is 12.1. The van der Waals surface area contributed by atoms with E-state index < -0.39 is 32.5 Å². The largest absolute Gasteiger partial charge is 0.493 e. The highest BCUT2D eigenvalue weighted by Crippen LogP contribution is 2.31. The molecule has 4 aromatic carbocycles. The predicted octanol–water partition coefficient (Wildman–Crippen LogP) is 6.69. The zero-order valence-electron chi connectivity index (χ0n) is 29.6. The number of halogens is 2. The Balaban J connectivity index is 1.30. The summed E-state index contributed by atoms with van der Waals surface area (Å²) in [4.78, 5) is 13.1. The summed E-state index contributed by atoms with van der Waals surface area (Å²) >= 11 is 12.5. The van der Waals surface area contributed by atoms with Gasteiger partial charge < -0.3 is 13.9 Å². The fourth-order valence-corrected chi connectivity index (χ4v) is 8.59. The lowest BCUT2D eigenvalue weighted by molar-refractivity contribution is -0.121. The van der Waals surface area contributed by atoms with E-state index in [0.717, 1.165) is 15.4 Å². The molecule has 0 spiro atoms. The van der Waals surface area contributed by atoms with Gasteiger partial charge in [-0.3, -0.25) is 4.79 Å². The molecular formula is C38H38Cl2N4O8S2. The molecule has 1 amide bonds. The van der Waals surface area contributed by atoms with Gasteiger partial charge in [-0.2, -0.15) is 13.7 Å². The van der Waals surface area contributed by atoms with E-state index in [-0.39, 0.29) is 46.7 Å². The first kappa shape index (κ1) is 40.5. The number of nitrogens with one attached hydrogen (secondary N) is 1. The average molecular weight is 814 g/mol. The van der Waals surface area contributed by atoms with Gasteiger partial charge in [0.1, 0.15) is 11.5 Å². The Labute approximate surface area is 325 Å². The summed E-state index contributed by atoms with van der Waals surface area (Å²) in [6.45, 7) is 1.10. The van der Waals surface area contributed by atoms with E-state index in [9.17, 15) is 21.6 Å². The number of sulfonamides is 2. The summed E-state index contributed by atoms with van der Waals surface area (Å²) in [6, 6.07) is 28.0. The number of furan rings is 1. The van der Waals surface area contributed by atoms with Gasteiger partial charge in [0.2, 0.25) is 20.0 Å². The highest BCUT2D eigenvalue weighted by molar-refractivity contribution is 7.89. The number of carbonyl (C=O) groups excluding carboxylic acids is 1. The van der Waals surface area contributed by atoms with Crippen molar-refractivity contribution in [2.45, 2.75) is 36.2 Å². The van der Waals surface area contributed by atoms with E-state index in [1.165, 1.54) is 55.1 Å². The second-order valence-electron chi connectivity index (χ2n) is 12.0. The summed E-state index contributed by atoms with van der Waals surface area (Å²) < 4.78 is 73.9. The Bertz CT molecular complexity index is 2320. The SMILES string of the molecule is COc1ccc(S(=O)(=O)N(CCc2ccccc2)CC(=O)N/N=C\c2ccc(CN(Cc3ccc(Cl)cc3Cl)S(=O)(=O)c3ccc(C)cc3)o2)cc1OC. The molecule has 16 heteroatoms. The molecule has 284 valence electrons. The topological polar surface area (TPSA) is 148 Å². The van der Waals surface area contributed by atoms with Crippen molar-refractivity contribution in [1.82, 2.24) is 14.0 Å². The molecule has 5 aromatic rings. The number of hydrazone groups is 1. The molecule has 0 aliphatic carbocycles. The third-order valence-electron chi connectivity index (χ3n) is 8.22. The molecular weight excluding hydrogens is 775 g/mol. The minimum Gasteiger partial charge on any atom is -0.493 e. The molecule has 1 heterocycles. The van der Waals surface area contributed by atoms with Gasteiger partial charge in [0.05, 0.1) is 43.3 Å². The predicted molar refractivity (Wildman–Crippen MR) is 207 cm³/mol. The van der Waals surface area contributed by atoms with Crippen molar-refractivity contribution in [3.05, 3.63) is 141 Å². The van der Waals surface area contributed by atoms with Gasteiger partial charge in [-0.25, -0.2) is 22.3 Å². The Morgan fingerprint density at radius 2 is 1.48 bits per heavy atom. The molecule has 0 atom stereocenters. The number of aryl methyl sites for hydroxylation is 1. The maximum atomic E-state index is 13.8. The van der Waals surface area contributed by atoms with Gasteiger partial charge in [0, 0.05) is 29.2 Å². The number of rotatable bonds is 17. The van der Waals surface area contributed by atoms with Crippen LogP contribution in [0.25, 0.3) is 0 Å². The molecule has 0 saturated heterocycles. The fraction of sp³-hybridized carbons (Fsp3) is 0.211. The molecule has 0 saturated carbocycles. The number of amides is 1. The van der Waals surface area contributed by atoms with Crippen molar-refractivity contribution in [1.29, 1.82) is 0 Å². The van der Waals surface area contributed by atoms with Crippen LogP contribution in [0.2, 0.25) is 10.0 Å². The van der Waals surface area contributed by atoms with Gasteiger partial charge in [0.15, 0.2) is 11.5 Å². The van der Waals surface area contributed by atoms with E-state index in [1.54, 1.807) is 42.5 Å². The molecule has 5 rings (SSSR count). The summed E-state index contributed by atoms with van der Waals surface area (Å²) in [5.74, 6) is 0.369. The Morgan fingerprint density at radius 3 is 2.17 bits per heavy atom. The molecule has 12 nitrogen and oxygen atoms in total. The lowest BCUT2D eigenvalue weighted by Gasteiger charge is -2.22. The van der Waals surface area contributed by atoms with E-state index in [2.05, 4.69) is 10.5 Å². The summed E-state index contributed by atoms with van der Waals surface area (Å²) in [5.41, 5.74) is 4.69. The zero-order chi connectivity index (χ0) is 38.9. The van der Waals surface area contributed by atoms with Crippen LogP contribution in [0.15, 0.2) is 122 Å². The van der Waals surface area contributed by atoms with Crippen LogP contribution in [0.4, 0.5) is 0 Å². The molecule has 54 heavy (non-hydrogen) atoms. The smallest absolute Gasteiger partial charge is 0.255 e. The van der Waals surface area contributed by atoms with Crippen LogP contribution in [0, 0.1) is 6.92 Å². The number of ether oxygens (including phenoxy) is 2. The van der Waals surface area contributed by atoms with Crippen molar-refractivity contribution >= 4 is 55.4 Å². The summed E-state index contributed by atoms with van der Waals surface area (Å²) in [6.07, 6.45) is 1.58. The van der Waals surface area contributed by atoms with Crippen molar-refractivity contribution in [3.63, 3.8) is 0 Å². The highest BCUT2D eigenvalue weighted by atomic mass is 35.5. The van der Waals surface area contributed by atoms with Crippen molar-refractivity contribution in [3.8, 4) is 11.5 Å². The minimum absolute atomic E-state index is 0.00258. The van der Waals surface area contributed by atoms with Crippen LogP contribution in [0.3, 0.4) is 0 Å². The van der Waals surface area contributed by atoms with Gasteiger partial charge in [-0.15, -0.1) is 0 Å². The van der Waals surface area contributed by atoms with Gasteiger partial charge >= 0.3 is 0 Å². The van der Waals surface area contributed by atoms with Crippen molar-refractivity contribution in [2.75, 3.05) is 27.3 Å². The molecule has 0 fully saturated rings. The number of carbonyl (C=O) groups is 1. The van der Waals surface area contributed by atoms with Crippen molar-refractivity contribution in [2.24, 2.45) is 5.10 Å². The number of nitrogens with zero attached hydrogens (tertiary/aromatic N) is 3.